The molecule has 2 heteroatoms. The Morgan fingerprint density at radius 3 is 2.03 bits per heavy atom. The summed E-state index contributed by atoms with van der Waals surface area (Å²) in [5, 5.41) is 0. The molecule has 158 valence electrons. The van der Waals surface area contributed by atoms with Gasteiger partial charge in [-0.05, 0) is 111 Å². The van der Waals surface area contributed by atoms with Gasteiger partial charge in [-0.25, -0.2) is 0 Å². The Bertz CT molecular complexity index is 799. The van der Waals surface area contributed by atoms with Crippen molar-refractivity contribution in [3.05, 3.63) is 69.4 Å². The van der Waals surface area contributed by atoms with E-state index in [0.29, 0.717) is 5.57 Å². The molecule has 0 bridgehead atoms. The Labute approximate surface area is 177 Å². The van der Waals surface area contributed by atoms with Crippen LogP contribution in [0.5, 0.6) is 0 Å². The zero-order valence-electron chi connectivity index (χ0n) is 19.4. The first-order valence-corrected chi connectivity index (χ1v) is 10.7. The summed E-state index contributed by atoms with van der Waals surface area (Å²) in [6.45, 7) is 14.9. The number of hydrogen-bond acceptors (Lipinski definition) is 2. The predicted molar refractivity (Wildman–Crippen MR) is 125 cm³/mol. The Balaban J connectivity index is 2.96. The number of hydrogen-bond donors (Lipinski definition) is 0. The number of carbonyl (C=O) groups is 2. The van der Waals surface area contributed by atoms with Crippen LogP contribution >= 0.6 is 0 Å². The summed E-state index contributed by atoms with van der Waals surface area (Å²) >= 11 is 0. The van der Waals surface area contributed by atoms with Crippen LogP contribution < -0.4 is 0 Å². The summed E-state index contributed by atoms with van der Waals surface area (Å²) in [6.07, 6.45) is 14.6. The van der Waals surface area contributed by atoms with Crippen LogP contribution in [-0.4, -0.2) is 11.6 Å². The van der Waals surface area contributed by atoms with Gasteiger partial charge in [0.15, 0.2) is 11.6 Å². The van der Waals surface area contributed by atoms with Crippen LogP contribution in [0, 0.1) is 0 Å². The van der Waals surface area contributed by atoms with Crippen molar-refractivity contribution in [2.75, 3.05) is 0 Å². The molecule has 0 radical (unpaired) electrons. The van der Waals surface area contributed by atoms with Gasteiger partial charge in [0.2, 0.25) is 0 Å². The molecule has 0 unspecified atom stereocenters. The molecule has 0 fully saturated rings. The molecule has 0 aromatic heterocycles. The van der Waals surface area contributed by atoms with Crippen molar-refractivity contribution in [3.63, 3.8) is 0 Å². The van der Waals surface area contributed by atoms with E-state index in [1.54, 1.807) is 0 Å². The minimum Gasteiger partial charge on any atom is -0.290 e. The largest absolute Gasteiger partial charge is 0.290 e. The SMILES string of the molecule is CC(C)=CCCC(C)=CCCC(C)=C(CCC(C)=C(C)C)C1=CC(=O)C=CC1=O. The molecule has 0 atom stereocenters. The van der Waals surface area contributed by atoms with Crippen LogP contribution in [0.15, 0.2) is 69.4 Å². The van der Waals surface area contributed by atoms with E-state index < -0.39 is 0 Å². The van der Waals surface area contributed by atoms with Gasteiger partial charge in [-0.2, -0.15) is 0 Å². The van der Waals surface area contributed by atoms with E-state index in [0.717, 1.165) is 44.1 Å². The molecule has 0 saturated carbocycles. The third-order valence-corrected chi connectivity index (χ3v) is 5.50. The Hall–Kier alpha value is -2.22. The lowest BCUT2D eigenvalue weighted by atomic mass is 9.87. The second kappa shape index (κ2) is 12.4. The highest BCUT2D eigenvalue weighted by Crippen LogP contribution is 2.28. The lowest BCUT2D eigenvalue weighted by Gasteiger charge is -2.17. The molecule has 0 amide bonds. The molecular weight excluding hydrogens is 356 g/mol. The molecule has 0 saturated heterocycles. The lowest BCUT2D eigenvalue weighted by Crippen LogP contribution is -2.11. The molecule has 2 nitrogen and oxygen atoms in total. The Morgan fingerprint density at radius 2 is 1.41 bits per heavy atom. The van der Waals surface area contributed by atoms with Crippen molar-refractivity contribution in [1.29, 1.82) is 0 Å². The van der Waals surface area contributed by atoms with Gasteiger partial charge in [-0.15, -0.1) is 0 Å². The summed E-state index contributed by atoms with van der Waals surface area (Å²) in [7, 11) is 0. The molecule has 0 aromatic rings. The van der Waals surface area contributed by atoms with Crippen LogP contribution in [0.2, 0.25) is 0 Å². The minimum atomic E-state index is -0.0983. The molecule has 0 heterocycles. The van der Waals surface area contributed by atoms with Gasteiger partial charge >= 0.3 is 0 Å². The quantitative estimate of drug-likeness (QED) is 0.283. The summed E-state index contributed by atoms with van der Waals surface area (Å²) in [5.41, 5.74) is 8.27. The van der Waals surface area contributed by atoms with E-state index in [-0.39, 0.29) is 11.6 Å². The van der Waals surface area contributed by atoms with Crippen LogP contribution in [0.25, 0.3) is 0 Å². The molecule has 29 heavy (non-hydrogen) atoms. The first-order valence-electron chi connectivity index (χ1n) is 10.7. The first-order chi connectivity index (χ1) is 13.6. The van der Waals surface area contributed by atoms with E-state index in [4.69, 9.17) is 0 Å². The molecule has 0 N–H and O–H groups in total. The van der Waals surface area contributed by atoms with Gasteiger partial charge in [0.1, 0.15) is 0 Å². The zero-order valence-corrected chi connectivity index (χ0v) is 19.4. The van der Waals surface area contributed by atoms with Crippen molar-refractivity contribution < 1.29 is 9.59 Å². The molecular formula is C27H38O2. The Morgan fingerprint density at radius 1 is 0.759 bits per heavy atom. The standard InChI is InChI=1S/C27H38O2/c1-19(2)10-8-11-21(5)12-9-13-23(7)25(16-14-22(6)20(3)4)26-18-24(28)15-17-27(26)29/h10,12,15,17-18H,8-9,11,13-14,16H2,1-7H3. The average Bonchev–Trinajstić information content (AvgIpc) is 2.63. The van der Waals surface area contributed by atoms with Crippen molar-refractivity contribution in [3.8, 4) is 0 Å². The molecule has 1 rings (SSSR count). The fourth-order valence-electron chi connectivity index (χ4n) is 3.26. The lowest BCUT2D eigenvalue weighted by molar-refractivity contribution is -0.114. The predicted octanol–water partition coefficient (Wildman–Crippen LogP) is 7.55. The van der Waals surface area contributed by atoms with Gasteiger partial charge < -0.3 is 0 Å². The summed E-state index contributed by atoms with van der Waals surface area (Å²) in [4.78, 5) is 24.3. The zero-order chi connectivity index (χ0) is 22.0. The van der Waals surface area contributed by atoms with Crippen molar-refractivity contribution in [2.45, 2.75) is 87.0 Å². The van der Waals surface area contributed by atoms with Crippen LogP contribution in [0.3, 0.4) is 0 Å². The molecule has 1 aliphatic rings. The summed E-state index contributed by atoms with van der Waals surface area (Å²) in [6, 6.07) is 0. The highest BCUT2D eigenvalue weighted by molar-refractivity contribution is 6.19. The maximum Gasteiger partial charge on any atom is 0.186 e. The van der Waals surface area contributed by atoms with E-state index in [1.807, 2.05) is 0 Å². The molecule has 1 aliphatic carbocycles. The van der Waals surface area contributed by atoms with Gasteiger partial charge in [0.05, 0.1) is 0 Å². The normalized spacial score (nSPS) is 15.1. The molecule has 0 aromatic carbocycles. The Kier molecular flexibility index (Phi) is 10.6. The highest BCUT2D eigenvalue weighted by Gasteiger charge is 2.19. The van der Waals surface area contributed by atoms with Crippen LogP contribution in [-0.2, 0) is 9.59 Å². The van der Waals surface area contributed by atoms with Crippen molar-refractivity contribution >= 4 is 11.6 Å². The molecule has 0 aliphatic heterocycles. The number of allylic oxidation sites excluding steroid dienone is 12. The second-order valence-electron chi connectivity index (χ2n) is 8.61. The third-order valence-electron chi connectivity index (χ3n) is 5.50. The number of ketones is 2. The smallest absolute Gasteiger partial charge is 0.186 e. The summed E-state index contributed by atoms with van der Waals surface area (Å²) < 4.78 is 0. The second-order valence-corrected chi connectivity index (χ2v) is 8.61. The van der Waals surface area contributed by atoms with Crippen molar-refractivity contribution in [2.24, 2.45) is 0 Å². The monoisotopic (exact) mass is 394 g/mol. The van der Waals surface area contributed by atoms with Gasteiger partial charge in [-0.1, -0.05) is 40.0 Å². The van der Waals surface area contributed by atoms with Gasteiger partial charge in [-0.3, -0.25) is 9.59 Å². The van der Waals surface area contributed by atoms with E-state index in [2.05, 4.69) is 60.6 Å². The minimum absolute atomic E-state index is 0.0535. The first kappa shape index (κ1) is 24.8. The maximum atomic E-state index is 12.4. The van der Waals surface area contributed by atoms with E-state index in [1.165, 1.54) is 46.1 Å². The fraction of sp³-hybridized carbons (Fsp3) is 0.481. The average molecular weight is 395 g/mol. The molecule has 0 spiro atoms. The topological polar surface area (TPSA) is 34.1 Å². The van der Waals surface area contributed by atoms with Crippen LogP contribution in [0.4, 0.5) is 0 Å². The third kappa shape index (κ3) is 9.21. The highest BCUT2D eigenvalue weighted by atomic mass is 16.1. The number of rotatable bonds is 10. The van der Waals surface area contributed by atoms with Crippen molar-refractivity contribution in [1.82, 2.24) is 0 Å². The maximum absolute atomic E-state index is 12.4. The van der Waals surface area contributed by atoms with Gasteiger partial charge in [0, 0.05) is 5.57 Å². The van der Waals surface area contributed by atoms with E-state index in [9.17, 15) is 9.59 Å². The summed E-state index contributed by atoms with van der Waals surface area (Å²) in [5.74, 6) is -0.152. The number of carbonyl (C=O) groups excluding carboxylic acids is 2. The fourth-order valence-corrected chi connectivity index (χ4v) is 3.26. The van der Waals surface area contributed by atoms with Crippen LogP contribution in [0.1, 0.15) is 87.0 Å². The van der Waals surface area contributed by atoms with Gasteiger partial charge in [0.25, 0.3) is 0 Å². The van der Waals surface area contributed by atoms with E-state index >= 15 is 0 Å².